The van der Waals surface area contributed by atoms with E-state index < -0.39 is 24.7 Å². The van der Waals surface area contributed by atoms with Crippen LogP contribution < -0.4 is 10.6 Å². The van der Waals surface area contributed by atoms with Crippen LogP contribution in [0.25, 0.3) is 0 Å². The van der Waals surface area contributed by atoms with Gasteiger partial charge in [-0.2, -0.15) is 13.2 Å². The second-order valence-electron chi connectivity index (χ2n) is 6.18. The number of halogens is 5. The minimum absolute atomic E-state index is 0. The summed E-state index contributed by atoms with van der Waals surface area (Å²) in [6, 6.07) is 3.66. The van der Waals surface area contributed by atoms with E-state index in [9.17, 15) is 18.0 Å². The van der Waals surface area contributed by atoms with Gasteiger partial charge in [-0.1, -0.05) is 11.3 Å². The van der Waals surface area contributed by atoms with Gasteiger partial charge in [-0.3, -0.25) is 14.7 Å². The summed E-state index contributed by atoms with van der Waals surface area (Å²) in [7, 11) is 0. The van der Waals surface area contributed by atoms with Crippen LogP contribution in [0.3, 0.4) is 0 Å². The number of aromatic nitrogens is 4. The van der Waals surface area contributed by atoms with Gasteiger partial charge in [-0.05, 0) is 12.1 Å². The molecule has 0 saturated carbocycles. The van der Waals surface area contributed by atoms with Crippen LogP contribution in [0.4, 0.5) is 13.2 Å². The minimum atomic E-state index is -4.43. The summed E-state index contributed by atoms with van der Waals surface area (Å²) < 4.78 is 41.5. The van der Waals surface area contributed by atoms with Crippen molar-refractivity contribution < 1.29 is 18.0 Å². The molecule has 3 rings (SSSR count). The van der Waals surface area contributed by atoms with E-state index in [4.69, 9.17) is 0 Å². The van der Waals surface area contributed by atoms with E-state index in [1.165, 1.54) is 15.8 Å². The van der Waals surface area contributed by atoms with Crippen LogP contribution in [0.15, 0.2) is 30.6 Å². The lowest BCUT2D eigenvalue weighted by atomic mass is 10.2. The number of hydrogen-bond donors (Lipinski definition) is 2. The molecule has 29 heavy (non-hydrogen) atoms. The maximum atomic E-state index is 13.4. The second-order valence-corrected chi connectivity index (χ2v) is 6.18. The first-order chi connectivity index (χ1) is 12.9. The van der Waals surface area contributed by atoms with Gasteiger partial charge in [0.25, 0.3) is 5.91 Å². The topological polar surface area (TPSA) is 88.0 Å². The summed E-state index contributed by atoms with van der Waals surface area (Å²) in [5.41, 5.74) is 0.692. The molecule has 8 nitrogen and oxygen atoms in total. The Hall–Kier alpha value is -1.95. The van der Waals surface area contributed by atoms with Crippen molar-refractivity contribution in [1.82, 2.24) is 35.5 Å². The molecule has 13 heteroatoms. The Labute approximate surface area is 178 Å². The van der Waals surface area contributed by atoms with Crippen molar-refractivity contribution in [1.29, 1.82) is 0 Å². The molecular weight excluding hydrogens is 434 g/mol. The number of carbonyl (C=O) groups is 1. The highest BCUT2D eigenvalue weighted by atomic mass is 35.5. The first kappa shape index (κ1) is 25.1. The number of hydrogen-bond acceptors (Lipinski definition) is 6. The van der Waals surface area contributed by atoms with E-state index in [0.717, 1.165) is 5.69 Å². The number of amides is 1. The van der Waals surface area contributed by atoms with Crippen molar-refractivity contribution in [2.24, 2.45) is 0 Å². The van der Waals surface area contributed by atoms with Gasteiger partial charge >= 0.3 is 6.18 Å². The molecule has 1 fully saturated rings. The van der Waals surface area contributed by atoms with Crippen LogP contribution in [0.5, 0.6) is 0 Å². The van der Waals surface area contributed by atoms with E-state index in [2.05, 4.69) is 25.9 Å². The summed E-state index contributed by atoms with van der Waals surface area (Å²) in [5.74, 6) is -0.688. The standard InChI is InChI=1S/C16H20F3N7O.2ClH/c17-16(18,19)14(25-7-5-20-6-8-25)9-22-15(27)13-11-26(24-23-13)10-12-3-1-2-4-21-12;;/h1-4,11,14,20H,5-10H2,(H,22,27);2*1H. The average Bonchev–Trinajstić information content (AvgIpc) is 3.11. The third-order valence-corrected chi connectivity index (χ3v) is 4.25. The van der Waals surface area contributed by atoms with Gasteiger partial charge in [0, 0.05) is 38.9 Å². The lowest BCUT2D eigenvalue weighted by molar-refractivity contribution is -0.183. The van der Waals surface area contributed by atoms with E-state index in [0.29, 0.717) is 19.6 Å². The van der Waals surface area contributed by atoms with Crippen LogP contribution in [0.2, 0.25) is 0 Å². The molecule has 162 valence electrons. The molecule has 0 aromatic carbocycles. The molecule has 1 atom stereocenters. The fourth-order valence-corrected chi connectivity index (χ4v) is 2.86. The molecule has 2 N–H and O–H groups in total. The maximum absolute atomic E-state index is 13.4. The van der Waals surface area contributed by atoms with Crippen LogP contribution in [0, 0.1) is 0 Å². The van der Waals surface area contributed by atoms with Crippen molar-refractivity contribution in [3.63, 3.8) is 0 Å². The highest BCUT2D eigenvalue weighted by Gasteiger charge is 2.43. The number of piperazine rings is 1. The third-order valence-electron chi connectivity index (χ3n) is 4.25. The summed E-state index contributed by atoms with van der Waals surface area (Å²) in [5, 5.41) is 12.9. The summed E-state index contributed by atoms with van der Waals surface area (Å²) >= 11 is 0. The molecular formula is C16H22Cl2F3N7O. The number of nitrogens with one attached hydrogen (secondary N) is 2. The van der Waals surface area contributed by atoms with Gasteiger partial charge < -0.3 is 10.6 Å². The molecule has 2 aromatic heterocycles. The Morgan fingerprint density at radius 3 is 2.59 bits per heavy atom. The number of pyridine rings is 1. The van der Waals surface area contributed by atoms with Gasteiger partial charge in [-0.15, -0.1) is 29.9 Å². The normalized spacial score (nSPS) is 15.7. The SMILES string of the molecule is Cl.Cl.O=C(NCC(N1CCNCC1)C(F)(F)F)c1cn(Cc2ccccn2)nn1. The summed E-state index contributed by atoms with van der Waals surface area (Å²) in [6.45, 7) is 1.31. The predicted octanol–water partition coefficient (Wildman–Crippen LogP) is 1.13. The zero-order valence-corrected chi connectivity index (χ0v) is 16.9. The molecule has 1 aliphatic rings. The van der Waals surface area contributed by atoms with Gasteiger partial charge in [0.05, 0.1) is 18.4 Å². The molecule has 2 aromatic rings. The second kappa shape index (κ2) is 11.3. The average molecular weight is 456 g/mol. The van der Waals surface area contributed by atoms with Gasteiger partial charge in [-0.25, -0.2) is 4.68 Å². The lowest BCUT2D eigenvalue weighted by Crippen LogP contribution is -2.57. The highest BCUT2D eigenvalue weighted by Crippen LogP contribution is 2.24. The van der Waals surface area contributed by atoms with Crippen LogP contribution in [0.1, 0.15) is 16.2 Å². The van der Waals surface area contributed by atoms with E-state index >= 15 is 0 Å². The van der Waals surface area contributed by atoms with Crippen molar-refractivity contribution in [3.05, 3.63) is 42.0 Å². The van der Waals surface area contributed by atoms with Crippen LogP contribution in [-0.4, -0.2) is 75.7 Å². The first-order valence-electron chi connectivity index (χ1n) is 8.53. The smallest absolute Gasteiger partial charge is 0.349 e. The van der Waals surface area contributed by atoms with Crippen molar-refractivity contribution in [3.8, 4) is 0 Å². The van der Waals surface area contributed by atoms with Gasteiger partial charge in [0.1, 0.15) is 6.04 Å². The Balaban J connectivity index is 0.00000210. The van der Waals surface area contributed by atoms with E-state index in [-0.39, 0.29) is 43.6 Å². The fourth-order valence-electron chi connectivity index (χ4n) is 2.86. The molecule has 0 aliphatic carbocycles. The van der Waals surface area contributed by atoms with Gasteiger partial charge in [0.15, 0.2) is 5.69 Å². The number of nitrogens with zero attached hydrogens (tertiary/aromatic N) is 5. The third kappa shape index (κ3) is 7.11. The molecule has 3 heterocycles. The highest BCUT2D eigenvalue weighted by molar-refractivity contribution is 5.91. The zero-order valence-electron chi connectivity index (χ0n) is 15.3. The molecule has 1 unspecified atom stereocenters. The molecule has 0 radical (unpaired) electrons. The molecule has 1 saturated heterocycles. The molecule has 1 amide bonds. The van der Waals surface area contributed by atoms with Crippen LogP contribution in [-0.2, 0) is 6.54 Å². The maximum Gasteiger partial charge on any atom is 0.405 e. The molecule has 1 aliphatic heterocycles. The van der Waals surface area contributed by atoms with Crippen LogP contribution >= 0.6 is 24.8 Å². The number of carbonyl (C=O) groups excluding carboxylic acids is 1. The van der Waals surface area contributed by atoms with Crippen molar-refractivity contribution in [2.75, 3.05) is 32.7 Å². The largest absolute Gasteiger partial charge is 0.405 e. The monoisotopic (exact) mass is 455 g/mol. The summed E-state index contributed by atoms with van der Waals surface area (Å²) in [4.78, 5) is 17.7. The number of alkyl halides is 3. The van der Waals surface area contributed by atoms with Crippen molar-refractivity contribution in [2.45, 2.75) is 18.8 Å². The van der Waals surface area contributed by atoms with E-state index in [1.54, 1.807) is 18.3 Å². The zero-order chi connectivity index (χ0) is 19.3. The predicted molar refractivity (Wildman–Crippen MR) is 104 cm³/mol. The first-order valence-corrected chi connectivity index (χ1v) is 8.53. The molecule has 0 spiro atoms. The minimum Gasteiger partial charge on any atom is -0.349 e. The Morgan fingerprint density at radius 1 is 1.24 bits per heavy atom. The summed E-state index contributed by atoms with van der Waals surface area (Å²) in [6.07, 6.45) is -1.41. The Bertz CT molecular complexity index is 754. The lowest BCUT2D eigenvalue weighted by Gasteiger charge is -2.35. The quantitative estimate of drug-likeness (QED) is 0.678. The molecule has 0 bridgehead atoms. The number of rotatable bonds is 6. The fraction of sp³-hybridized carbons (Fsp3) is 0.500. The Morgan fingerprint density at radius 2 is 1.97 bits per heavy atom. The Kier molecular flexibility index (Phi) is 9.77. The van der Waals surface area contributed by atoms with Gasteiger partial charge in [0.2, 0.25) is 0 Å². The van der Waals surface area contributed by atoms with Crippen molar-refractivity contribution >= 4 is 30.7 Å². The van der Waals surface area contributed by atoms with E-state index in [1.807, 2.05) is 6.07 Å².